The van der Waals surface area contributed by atoms with E-state index in [0.717, 1.165) is 16.0 Å². The SMILES string of the molecule is CC(c1ccccc1)N1C(=O)C(=O)N(CC(=O)NCCc2ccc(Cl)cc2)C1=O. The third-order valence-corrected chi connectivity index (χ3v) is 4.96. The Hall–Kier alpha value is -3.19. The molecule has 29 heavy (non-hydrogen) atoms. The van der Waals surface area contributed by atoms with Crippen LogP contribution in [0.5, 0.6) is 0 Å². The van der Waals surface area contributed by atoms with Crippen molar-refractivity contribution in [2.45, 2.75) is 19.4 Å². The van der Waals surface area contributed by atoms with Crippen LogP contribution in [0.25, 0.3) is 0 Å². The van der Waals surface area contributed by atoms with Crippen LogP contribution in [0.2, 0.25) is 5.02 Å². The summed E-state index contributed by atoms with van der Waals surface area (Å²) < 4.78 is 0. The average Bonchev–Trinajstić information content (AvgIpc) is 2.93. The first-order valence-electron chi connectivity index (χ1n) is 9.13. The van der Waals surface area contributed by atoms with Crippen LogP contribution in [0, 0.1) is 0 Å². The maximum Gasteiger partial charge on any atom is 0.335 e. The summed E-state index contributed by atoms with van der Waals surface area (Å²) in [7, 11) is 0. The van der Waals surface area contributed by atoms with Crippen LogP contribution >= 0.6 is 11.6 Å². The van der Waals surface area contributed by atoms with Crippen LogP contribution in [-0.4, -0.2) is 46.6 Å². The molecule has 0 spiro atoms. The smallest absolute Gasteiger partial charge is 0.335 e. The topological polar surface area (TPSA) is 86.8 Å². The van der Waals surface area contributed by atoms with Crippen LogP contribution in [0.3, 0.4) is 0 Å². The van der Waals surface area contributed by atoms with Crippen molar-refractivity contribution in [2.24, 2.45) is 0 Å². The molecule has 0 saturated carbocycles. The fourth-order valence-corrected chi connectivity index (χ4v) is 3.21. The van der Waals surface area contributed by atoms with Crippen LogP contribution in [0.15, 0.2) is 54.6 Å². The Balaban J connectivity index is 1.58. The number of carbonyl (C=O) groups excluding carboxylic acids is 4. The Morgan fingerprint density at radius 1 is 1.00 bits per heavy atom. The molecule has 1 N–H and O–H groups in total. The van der Waals surface area contributed by atoms with Crippen molar-refractivity contribution in [2.75, 3.05) is 13.1 Å². The second-order valence-corrected chi connectivity index (χ2v) is 7.10. The molecule has 1 unspecified atom stereocenters. The van der Waals surface area contributed by atoms with Crippen molar-refractivity contribution in [3.63, 3.8) is 0 Å². The lowest BCUT2D eigenvalue weighted by Gasteiger charge is -2.22. The van der Waals surface area contributed by atoms with Gasteiger partial charge >= 0.3 is 17.8 Å². The molecule has 0 bridgehead atoms. The van der Waals surface area contributed by atoms with Crippen molar-refractivity contribution < 1.29 is 19.2 Å². The Morgan fingerprint density at radius 3 is 2.31 bits per heavy atom. The first-order chi connectivity index (χ1) is 13.9. The molecule has 1 heterocycles. The number of hydrogen-bond acceptors (Lipinski definition) is 4. The standard InChI is InChI=1S/C21H20ClN3O4/c1-14(16-5-3-2-4-6-16)25-20(28)19(27)24(21(25)29)13-18(26)23-12-11-15-7-9-17(22)10-8-15/h2-10,14H,11-13H2,1H3,(H,23,26). The molecule has 7 nitrogen and oxygen atoms in total. The molecule has 1 aliphatic heterocycles. The van der Waals surface area contributed by atoms with E-state index in [-0.39, 0.29) is 0 Å². The molecule has 0 aliphatic carbocycles. The summed E-state index contributed by atoms with van der Waals surface area (Å²) in [5.74, 6) is -2.44. The van der Waals surface area contributed by atoms with Gasteiger partial charge in [-0.25, -0.2) is 14.6 Å². The molecular weight excluding hydrogens is 394 g/mol. The number of benzene rings is 2. The maximum absolute atomic E-state index is 12.6. The van der Waals surface area contributed by atoms with Crippen molar-refractivity contribution in [1.29, 1.82) is 0 Å². The van der Waals surface area contributed by atoms with Gasteiger partial charge in [-0.05, 0) is 36.6 Å². The fraction of sp³-hybridized carbons (Fsp3) is 0.238. The van der Waals surface area contributed by atoms with E-state index in [0.29, 0.717) is 22.9 Å². The number of imide groups is 2. The van der Waals surface area contributed by atoms with E-state index in [2.05, 4.69) is 5.32 Å². The van der Waals surface area contributed by atoms with Gasteiger partial charge in [0.15, 0.2) is 0 Å². The quantitative estimate of drug-likeness (QED) is 0.558. The predicted molar refractivity (Wildman–Crippen MR) is 107 cm³/mol. The second-order valence-electron chi connectivity index (χ2n) is 6.66. The molecule has 2 aromatic carbocycles. The summed E-state index contributed by atoms with van der Waals surface area (Å²) >= 11 is 5.83. The molecule has 5 amide bonds. The minimum Gasteiger partial charge on any atom is -0.354 e. The molecule has 0 radical (unpaired) electrons. The number of rotatable bonds is 7. The highest BCUT2D eigenvalue weighted by Crippen LogP contribution is 2.25. The minimum atomic E-state index is -0.995. The number of carbonyl (C=O) groups is 4. The zero-order valence-electron chi connectivity index (χ0n) is 15.8. The van der Waals surface area contributed by atoms with Gasteiger partial charge in [-0.15, -0.1) is 0 Å². The Kier molecular flexibility index (Phi) is 6.29. The Bertz CT molecular complexity index is 931. The first kappa shape index (κ1) is 20.5. The molecule has 3 rings (SSSR count). The molecule has 0 aromatic heterocycles. The number of nitrogens with one attached hydrogen (secondary N) is 1. The van der Waals surface area contributed by atoms with Crippen molar-refractivity contribution >= 4 is 35.4 Å². The highest BCUT2D eigenvalue weighted by molar-refractivity contribution is 6.45. The normalized spacial score (nSPS) is 15.0. The molecule has 2 aromatic rings. The van der Waals surface area contributed by atoms with Gasteiger partial charge in [-0.1, -0.05) is 54.1 Å². The monoisotopic (exact) mass is 413 g/mol. The van der Waals surface area contributed by atoms with E-state index in [1.165, 1.54) is 0 Å². The van der Waals surface area contributed by atoms with Gasteiger partial charge in [0.1, 0.15) is 6.54 Å². The van der Waals surface area contributed by atoms with Crippen molar-refractivity contribution in [3.8, 4) is 0 Å². The fourth-order valence-electron chi connectivity index (χ4n) is 3.08. The number of halogens is 1. The molecule has 1 aliphatic rings. The highest BCUT2D eigenvalue weighted by Gasteiger charge is 2.47. The van der Waals surface area contributed by atoms with Crippen molar-refractivity contribution in [1.82, 2.24) is 15.1 Å². The van der Waals surface area contributed by atoms with Gasteiger partial charge in [-0.2, -0.15) is 0 Å². The highest BCUT2D eigenvalue weighted by atomic mass is 35.5. The third kappa shape index (κ3) is 4.63. The predicted octanol–water partition coefficient (Wildman–Crippen LogP) is 2.55. The molecule has 1 atom stereocenters. The van der Waals surface area contributed by atoms with Gasteiger partial charge in [0.25, 0.3) is 0 Å². The van der Waals surface area contributed by atoms with Crippen LogP contribution in [0.4, 0.5) is 4.79 Å². The lowest BCUT2D eigenvalue weighted by Crippen LogP contribution is -2.42. The zero-order chi connectivity index (χ0) is 21.0. The van der Waals surface area contributed by atoms with E-state index >= 15 is 0 Å². The third-order valence-electron chi connectivity index (χ3n) is 4.70. The summed E-state index contributed by atoms with van der Waals surface area (Å²) in [6, 6.07) is 14.7. The van der Waals surface area contributed by atoms with Gasteiger partial charge in [0.05, 0.1) is 6.04 Å². The lowest BCUT2D eigenvalue weighted by molar-refractivity contribution is -0.144. The number of urea groups is 1. The number of nitrogens with zero attached hydrogens (tertiary/aromatic N) is 2. The van der Waals surface area contributed by atoms with Gasteiger partial charge in [-0.3, -0.25) is 14.4 Å². The summed E-state index contributed by atoms with van der Waals surface area (Å²) in [4.78, 5) is 50.9. The summed E-state index contributed by atoms with van der Waals surface area (Å²) in [5.41, 5.74) is 1.71. The van der Waals surface area contributed by atoms with E-state index in [9.17, 15) is 19.2 Å². The number of amides is 5. The lowest BCUT2D eigenvalue weighted by atomic mass is 10.1. The van der Waals surface area contributed by atoms with Crippen LogP contribution < -0.4 is 5.32 Å². The molecule has 8 heteroatoms. The average molecular weight is 414 g/mol. The summed E-state index contributed by atoms with van der Waals surface area (Å²) in [6.07, 6.45) is 0.570. The molecular formula is C21H20ClN3O4. The van der Waals surface area contributed by atoms with E-state index in [1.807, 2.05) is 18.2 Å². The van der Waals surface area contributed by atoms with E-state index in [1.54, 1.807) is 43.3 Å². The van der Waals surface area contributed by atoms with Gasteiger partial charge < -0.3 is 5.32 Å². The summed E-state index contributed by atoms with van der Waals surface area (Å²) in [6.45, 7) is 1.49. The first-order valence-corrected chi connectivity index (χ1v) is 9.51. The molecule has 150 valence electrons. The molecule has 1 fully saturated rings. The van der Waals surface area contributed by atoms with Gasteiger partial charge in [0.2, 0.25) is 5.91 Å². The van der Waals surface area contributed by atoms with Crippen molar-refractivity contribution in [3.05, 3.63) is 70.7 Å². The minimum absolute atomic E-state index is 0.328. The maximum atomic E-state index is 12.6. The van der Waals surface area contributed by atoms with Gasteiger partial charge in [0, 0.05) is 11.6 Å². The largest absolute Gasteiger partial charge is 0.354 e. The summed E-state index contributed by atoms with van der Waals surface area (Å²) in [5, 5.41) is 3.28. The molecule has 1 saturated heterocycles. The van der Waals surface area contributed by atoms with E-state index < -0.39 is 36.3 Å². The second kappa shape index (κ2) is 8.87. The van der Waals surface area contributed by atoms with Crippen LogP contribution in [-0.2, 0) is 20.8 Å². The zero-order valence-corrected chi connectivity index (χ0v) is 16.6. The Morgan fingerprint density at radius 2 is 1.66 bits per heavy atom. The van der Waals surface area contributed by atoms with E-state index in [4.69, 9.17) is 11.6 Å². The number of hydrogen-bond donors (Lipinski definition) is 1. The van der Waals surface area contributed by atoms with Crippen LogP contribution in [0.1, 0.15) is 24.1 Å². The Labute approximate surface area is 173 Å².